The van der Waals surface area contributed by atoms with Crippen molar-refractivity contribution in [1.29, 1.82) is 0 Å². The monoisotopic (exact) mass is 278 g/mol. The summed E-state index contributed by atoms with van der Waals surface area (Å²) in [6.07, 6.45) is 2.30. The number of nitrogens with zero attached hydrogens (tertiary/aromatic N) is 1. The molecule has 1 fully saturated rings. The van der Waals surface area contributed by atoms with Gasteiger partial charge in [0.1, 0.15) is 0 Å². The van der Waals surface area contributed by atoms with Crippen molar-refractivity contribution in [2.24, 2.45) is 10.8 Å². The molecule has 0 aromatic rings. The Bertz CT molecular complexity index is 369. The Morgan fingerprint density at radius 2 is 2.33 bits per heavy atom. The second-order valence-electron chi connectivity index (χ2n) is 4.32. The largest absolute Gasteiger partial charge is 0.385 e. The third-order valence-electron chi connectivity index (χ3n) is 2.72. The molecule has 0 bridgehead atoms. The summed E-state index contributed by atoms with van der Waals surface area (Å²) in [5.74, 6) is 6.21. The number of nitrogens with one attached hydrogen (secondary N) is 2. The molecule has 1 unspecified atom stereocenters. The fourth-order valence-electron chi connectivity index (χ4n) is 1.86. The van der Waals surface area contributed by atoms with Crippen molar-refractivity contribution in [2.75, 3.05) is 31.8 Å². The van der Waals surface area contributed by atoms with Gasteiger partial charge >= 0.3 is 0 Å². The van der Waals surface area contributed by atoms with Gasteiger partial charge in [-0.25, -0.2) is 14.3 Å². The summed E-state index contributed by atoms with van der Waals surface area (Å²) in [7, 11) is -1.29. The Hall–Kier alpha value is -0.860. The number of methoxy groups -OCH3 is 1. The molecule has 0 aromatic carbocycles. The van der Waals surface area contributed by atoms with Gasteiger partial charge in [-0.05, 0) is 19.3 Å². The summed E-state index contributed by atoms with van der Waals surface area (Å²) in [6.45, 7) is 1.22. The van der Waals surface area contributed by atoms with Crippen LogP contribution < -0.4 is 16.6 Å². The lowest BCUT2D eigenvalue weighted by Gasteiger charge is -2.24. The van der Waals surface area contributed by atoms with E-state index in [-0.39, 0.29) is 17.5 Å². The molecule has 18 heavy (non-hydrogen) atoms. The normalized spacial score (nSPS) is 23.7. The molecule has 0 aliphatic carbocycles. The van der Waals surface area contributed by atoms with Crippen LogP contribution in [0.1, 0.15) is 19.3 Å². The van der Waals surface area contributed by atoms with E-state index in [0.717, 1.165) is 12.8 Å². The molecule has 1 heterocycles. The fourth-order valence-corrected chi connectivity index (χ4v) is 3.50. The lowest BCUT2D eigenvalue weighted by molar-refractivity contribution is 0.197. The highest BCUT2D eigenvalue weighted by Gasteiger charge is 2.25. The number of sulfone groups is 1. The molecule has 4 N–H and O–H groups in total. The van der Waals surface area contributed by atoms with E-state index in [2.05, 4.69) is 15.7 Å². The quantitative estimate of drug-likeness (QED) is 0.196. The maximum Gasteiger partial charge on any atom is 0.205 e. The second kappa shape index (κ2) is 7.55. The molecular weight excluding hydrogens is 256 g/mol. The number of guanidine groups is 1. The van der Waals surface area contributed by atoms with Gasteiger partial charge in [0.15, 0.2) is 9.84 Å². The number of aliphatic imine (C=N–C) groups is 1. The van der Waals surface area contributed by atoms with Gasteiger partial charge in [0.2, 0.25) is 5.96 Å². The van der Waals surface area contributed by atoms with Gasteiger partial charge in [0.25, 0.3) is 0 Å². The fraction of sp³-hybridized carbons (Fsp3) is 0.900. The Labute approximate surface area is 108 Å². The first kappa shape index (κ1) is 15.2. The van der Waals surface area contributed by atoms with E-state index in [1.165, 1.54) is 0 Å². The smallest absolute Gasteiger partial charge is 0.205 e. The van der Waals surface area contributed by atoms with E-state index in [0.29, 0.717) is 25.5 Å². The summed E-state index contributed by atoms with van der Waals surface area (Å²) in [4.78, 5) is 4.22. The minimum absolute atomic E-state index is 0.110. The van der Waals surface area contributed by atoms with Crippen molar-refractivity contribution >= 4 is 15.8 Å². The first-order chi connectivity index (χ1) is 8.57. The summed E-state index contributed by atoms with van der Waals surface area (Å²) >= 11 is 0. The summed E-state index contributed by atoms with van der Waals surface area (Å²) in [6, 6.07) is -0.110. The van der Waals surface area contributed by atoms with Crippen LogP contribution >= 0.6 is 0 Å². The summed E-state index contributed by atoms with van der Waals surface area (Å²) in [5, 5.41) is 3.03. The maximum absolute atomic E-state index is 11.5. The molecule has 1 saturated heterocycles. The summed E-state index contributed by atoms with van der Waals surface area (Å²) < 4.78 is 27.9. The molecule has 1 atom stereocenters. The van der Waals surface area contributed by atoms with Gasteiger partial charge in [-0.1, -0.05) is 0 Å². The standard InChI is InChI=1S/C10H22N4O3S/c1-17-6-3-5-12-10(14-11)13-9-4-2-7-18(15,16)8-9/h9H,2-8,11H2,1H3,(H2,12,13,14). The molecule has 0 saturated carbocycles. The Balaban J connectivity index is 2.42. The zero-order valence-corrected chi connectivity index (χ0v) is 11.5. The van der Waals surface area contributed by atoms with E-state index in [4.69, 9.17) is 10.6 Å². The van der Waals surface area contributed by atoms with E-state index in [9.17, 15) is 8.42 Å². The highest BCUT2D eigenvalue weighted by Crippen LogP contribution is 2.11. The van der Waals surface area contributed by atoms with Crippen molar-refractivity contribution in [2.45, 2.75) is 25.3 Å². The lowest BCUT2D eigenvalue weighted by Crippen LogP contribution is -2.50. The zero-order chi connectivity index (χ0) is 13.4. The van der Waals surface area contributed by atoms with Crippen molar-refractivity contribution in [3.63, 3.8) is 0 Å². The molecule has 0 aromatic heterocycles. The van der Waals surface area contributed by atoms with Crippen LogP contribution in [0.25, 0.3) is 0 Å². The molecule has 7 nitrogen and oxygen atoms in total. The Morgan fingerprint density at radius 3 is 2.94 bits per heavy atom. The van der Waals surface area contributed by atoms with Crippen molar-refractivity contribution in [3.05, 3.63) is 0 Å². The number of hydrogen-bond donors (Lipinski definition) is 3. The van der Waals surface area contributed by atoms with Gasteiger partial charge < -0.3 is 10.1 Å². The van der Waals surface area contributed by atoms with Gasteiger partial charge in [-0.3, -0.25) is 10.4 Å². The highest BCUT2D eigenvalue weighted by atomic mass is 32.2. The molecule has 106 valence electrons. The molecule has 1 aliphatic rings. The third kappa shape index (κ3) is 5.65. The number of hydrogen-bond acceptors (Lipinski definition) is 5. The first-order valence-corrected chi connectivity index (χ1v) is 7.86. The predicted molar refractivity (Wildman–Crippen MR) is 70.9 cm³/mol. The van der Waals surface area contributed by atoms with E-state index in [1.54, 1.807) is 7.11 Å². The molecule has 0 radical (unpaired) electrons. The first-order valence-electron chi connectivity index (χ1n) is 6.04. The number of ether oxygens (including phenoxy) is 1. The molecule has 1 rings (SSSR count). The molecule has 8 heteroatoms. The predicted octanol–water partition coefficient (Wildman–Crippen LogP) is -0.991. The minimum atomic E-state index is -2.92. The van der Waals surface area contributed by atoms with Crippen molar-refractivity contribution < 1.29 is 13.2 Å². The van der Waals surface area contributed by atoms with Crippen molar-refractivity contribution in [1.82, 2.24) is 10.7 Å². The minimum Gasteiger partial charge on any atom is -0.385 e. The van der Waals surface area contributed by atoms with Crippen LogP contribution in [-0.4, -0.2) is 52.2 Å². The van der Waals surface area contributed by atoms with Crippen molar-refractivity contribution in [3.8, 4) is 0 Å². The van der Waals surface area contributed by atoms with E-state index >= 15 is 0 Å². The number of nitrogens with two attached hydrogens (primary N) is 1. The molecular formula is C10H22N4O3S. The van der Waals surface area contributed by atoms with E-state index < -0.39 is 9.84 Å². The number of rotatable bonds is 5. The topological polar surface area (TPSA) is 106 Å². The summed E-state index contributed by atoms with van der Waals surface area (Å²) in [5.41, 5.74) is 2.46. The second-order valence-corrected chi connectivity index (χ2v) is 6.55. The SMILES string of the molecule is COCCCN=C(NN)NC1CCCS(=O)(=O)C1. The van der Waals surface area contributed by atoms with Crippen LogP contribution in [-0.2, 0) is 14.6 Å². The number of hydrazine groups is 1. The Morgan fingerprint density at radius 1 is 1.56 bits per heavy atom. The van der Waals surface area contributed by atoms with Crippen LogP contribution in [0.3, 0.4) is 0 Å². The van der Waals surface area contributed by atoms with Crippen LogP contribution in [0, 0.1) is 0 Å². The average molecular weight is 278 g/mol. The maximum atomic E-state index is 11.5. The van der Waals surface area contributed by atoms with Crippen LogP contribution in [0.4, 0.5) is 0 Å². The molecule has 0 spiro atoms. The Kier molecular flexibility index (Phi) is 6.37. The molecule has 1 aliphatic heterocycles. The molecule has 0 amide bonds. The van der Waals surface area contributed by atoms with Crippen LogP contribution in [0.15, 0.2) is 4.99 Å². The van der Waals surface area contributed by atoms with Gasteiger partial charge in [-0.15, -0.1) is 0 Å². The third-order valence-corrected chi connectivity index (χ3v) is 4.54. The van der Waals surface area contributed by atoms with E-state index in [1.807, 2.05) is 0 Å². The van der Waals surface area contributed by atoms with Gasteiger partial charge in [0.05, 0.1) is 11.5 Å². The lowest BCUT2D eigenvalue weighted by atomic mass is 10.2. The highest BCUT2D eigenvalue weighted by molar-refractivity contribution is 7.91. The van der Waals surface area contributed by atoms with Gasteiger partial charge in [0, 0.05) is 26.3 Å². The van der Waals surface area contributed by atoms with Crippen LogP contribution in [0.2, 0.25) is 0 Å². The zero-order valence-electron chi connectivity index (χ0n) is 10.7. The van der Waals surface area contributed by atoms with Gasteiger partial charge in [-0.2, -0.15) is 0 Å². The van der Waals surface area contributed by atoms with Crippen LogP contribution in [0.5, 0.6) is 0 Å². The average Bonchev–Trinajstić information content (AvgIpc) is 2.32.